The van der Waals surface area contributed by atoms with Crippen LogP contribution in [-0.4, -0.2) is 39.7 Å². The topological polar surface area (TPSA) is 133 Å². The van der Waals surface area contributed by atoms with Gasteiger partial charge in [0.15, 0.2) is 5.15 Å². The van der Waals surface area contributed by atoms with Gasteiger partial charge in [0, 0.05) is 22.3 Å². The number of aryl methyl sites for hydroxylation is 1. The summed E-state index contributed by atoms with van der Waals surface area (Å²) < 4.78 is 3.28. The van der Waals surface area contributed by atoms with Crippen molar-refractivity contribution in [2.75, 3.05) is 5.73 Å². The van der Waals surface area contributed by atoms with Crippen molar-refractivity contribution in [1.29, 1.82) is 0 Å². The molecule has 4 aromatic heterocycles. The highest BCUT2D eigenvalue weighted by atomic mass is 35.5. The molecule has 0 bridgehead atoms. The van der Waals surface area contributed by atoms with Gasteiger partial charge in [0.05, 0.1) is 17.4 Å². The molecular formula is C23H17Cl2N9O. The van der Waals surface area contributed by atoms with Crippen molar-refractivity contribution in [3.05, 3.63) is 86.9 Å². The number of fused-ring (bicyclic) bond motifs is 1. The van der Waals surface area contributed by atoms with Gasteiger partial charge in [0.2, 0.25) is 0 Å². The molecule has 0 amide bonds. The molecule has 0 saturated carbocycles. The number of H-pyrrole nitrogens is 1. The van der Waals surface area contributed by atoms with Gasteiger partial charge in [-0.2, -0.15) is 4.68 Å². The first-order valence-electron chi connectivity index (χ1n) is 10.7. The van der Waals surface area contributed by atoms with E-state index in [1.165, 1.54) is 11.0 Å². The van der Waals surface area contributed by atoms with E-state index < -0.39 is 0 Å². The monoisotopic (exact) mass is 505 g/mol. The zero-order valence-corrected chi connectivity index (χ0v) is 19.6. The van der Waals surface area contributed by atoms with E-state index in [9.17, 15) is 4.79 Å². The molecule has 0 radical (unpaired) electrons. The third kappa shape index (κ3) is 3.76. The molecule has 0 aliphatic carbocycles. The molecule has 1 atom stereocenters. The Labute approximate surface area is 208 Å². The maximum absolute atomic E-state index is 13.4. The van der Waals surface area contributed by atoms with Crippen molar-refractivity contribution < 1.29 is 0 Å². The number of benzene rings is 1. The van der Waals surface area contributed by atoms with E-state index in [0.717, 1.165) is 22.5 Å². The molecule has 0 unspecified atom stereocenters. The quantitative estimate of drug-likeness (QED) is 0.380. The average Bonchev–Trinajstić information content (AvgIpc) is 3.59. The maximum Gasteiger partial charge on any atom is 0.252 e. The first-order valence-corrected chi connectivity index (χ1v) is 11.5. The van der Waals surface area contributed by atoms with Crippen molar-refractivity contribution in [1.82, 2.24) is 39.7 Å². The highest BCUT2D eigenvalue weighted by Crippen LogP contribution is 2.35. The fourth-order valence-corrected chi connectivity index (χ4v) is 4.92. The summed E-state index contributed by atoms with van der Waals surface area (Å²) in [7, 11) is 0. The molecule has 3 N–H and O–H groups in total. The van der Waals surface area contributed by atoms with Gasteiger partial charge >= 0.3 is 0 Å². The van der Waals surface area contributed by atoms with Crippen molar-refractivity contribution in [3.8, 4) is 28.2 Å². The number of pyridine rings is 2. The number of anilines is 1. The van der Waals surface area contributed by atoms with Gasteiger partial charge in [-0.15, -0.1) is 5.10 Å². The largest absolute Gasteiger partial charge is 0.384 e. The van der Waals surface area contributed by atoms with Crippen LogP contribution in [0, 0.1) is 0 Å². The second-order valence-corrected chi connectivity index (χ2v) is 8.94. The summed E-state index contributed by atoms with van der Waals surface area (Å²) in [6.07, 6.45) is 2.89. The number of tetrazole rings is 1. The Kier molecular flexibility index (Phi) is 5.12. The number of nitrogens with one attached hydrogen (secondary N) is 1. The lowest BCUT2D eigenvalue weighted by molar-refractivity contribution is 0.572. The Bertz CT molecular complexity index is 1620. The second kappa shape index (κ2) is 8.33. The van der Waals surface area contributed by atoms with Gasteiger partial charge in [0.25, 0.3) is 5.56 Å². The first kappa shape index (κ1) is 21.5. The number of nitrogens with two attached hydrogens (primary N) is 1. The number of rotatable bonds is 4. The standard InChI is InChI=1S/C23H17Cl2N9O/c24-13-4-6-17(33-11-27-31-32-33)15(10-13)12-8-14-5-7-18(34(14)20(35)9-12)23-29-21(22(25)30-23)16-2-1-3-19(26)28-16/h1-4,6,8-11,18H,5,7H2,(H2,26,28)(H,29,30)/t18-/m0/s1. The summed E-state index contributed by atoms with van der Waals surface area (Å²) in [6.45, 7) is 0. The van der Waals surface area contributed by atoms with Crippen LogP contribution in [0.25, 0.3) is 28.2 Å². The van der Waals surface area contributed by atoms with Crippen LogP contribution in [0.15, 0.2) is 59.7 Å². The molecule has 10 nitrogen and oxygen atoms in total. The normalized spacial score (nSPS) is 14.9. The summed E-state index contributed by atoms with van der Waals surface area (Å²) in [5.41, 5.74) is 9.91. The molecule has 1 aliphatic rings. The number of aromatic amines is 1. The van der Waals surface area contributed by atoms with Crippen molar-refractivity contribution in [2.45, 2.75) is 18.9 Å². The molecule has 1 aliphatic heterocycles. The number of aromatic nitrogens is 8. The molecule has 1 aromatic carbocycles. The van der Waals surface area contributed by atoms with Crippen LogP contribution >= 0.6 is 23.2 Å². The van der Waals surface area contributed by atoms with E-state index >= 15 is 0 Å². The van der Waals surface area contributed by atoms with Gasteiger partial charge in [-0.3, -0.25) is 4.79 Å². The molecular weight excluding hydrogens is 489 g/mol. The number of halogens is 2. The Morgan fingerprint density at radius 2 is 1.97 bits per heavy atom. The molecule has 0 spiro atoms. The van der Waals surface area contributed by atoms with Gasteiger partial charge in [0.1, 0.15) is 23.7 Å². The minimum atomic E-state index is -0.280. The molecule has 6 rings (SSSR count). The lowest BCUT2D eigenvalue weighted by Crippen LogP contribution is -2.24. The van der Waals surface area contributed by atoms with E-state index in [4.69, 9.17) is 28.9 Å². The lowest BCUT2D eigenvalue weighted by atomic mass is 10.0. The fourth-order valence-electron chi connectivity index (χ4n) is 4.51. The van der Waals surface area contributed by atoms with Gasteiger partial charge < -0.3 is 15.3 Å². The van der Waals surface area contributed by atoms with Gasteiger partial charge in [-0.25, -0.2) is 9.97 Å². The number of hydrogen-bond acceptors (Lipinski definition) is 7. The summed E-state index contributed by atoms with van der Waals surface area (Å²) in [6, 6.07) is 14.0. The van der Waals surface area contributed by atoms with Crippen molar-refractivity contribution >= 4 is 29.0 Å². The van der Waals surface area contributed by atoms with Crippen molar-refractivity contribution in [2.24, 2.45) is 0 Å². The predicted octanol–water partition coefficient (Wildman–Crippen LogP) is 3.70. The molecule has 5 aromatic rings. The molecule has 12 heteroatoms. The maximum atomic E-state index is 13.4. The highest BCUT2D eigenvalue weighted by Gasteiger charge is 2.29. The Morgan fingerprint density at radius 3 is 2.77 bits per heavy atom. The van der Waals surface area contributed by atoms with Gasteiger partial charge in [-0.05, 0) is 65.2 Å². The Hall–Kier alpha value is -4.02. The zero-order chi connectivity index (χ0) is 24.1. The highest BCUT2D eigenvalue weighted by molar-refractivity contribution is 6.32. The molecule has 0 saturated heterocycles. The van der Waals surface area contributed by atoms with Crippen LogP contribution in [-0.2, 0) is 6.42 Å². The fraction of sp³-hybridized carbons (Fsp3) is 0.130. The summed E-state index contributed by atoms with van der Waals surface area (Å²) in [4.78, 5) is 25.4. The zero-order valence-electron chi connectivity index (χ0n) is 18.1. The summed E-state index contributed by atoms with van der Waals surface area (Å²) in [5, 5.41) is 12.2. The smallest absolute Gasteiger partial charge is 0.252 e. The van der Waals surface area contributed by atoms with Crippen LogP contribution in [0.5, 0.6) is 0 Å². The lowest BCUT2D eigenvalue weighted by Gasteiger charge is -2.15. The minimum absolute atomic E-state index is 0.154. The van der Waals surface area contributed by atoms with E-state index in [-0.39, 0.29) is 16.8 Å². The van der Waals surface area contributed by atoms with Crippen molar-refractivity contribution in [3.63, 3.8) is 0 Å². The Balaban J connectivity index is 1.41. The molecule has 35 heavy (non-hydrogen) atoms. The average molecular weight is 506 g/mol. The van der Waals surface area contributed by atoms with E-state index in [1.54, 1.807) is 41.0 Å². The van der Waals surface area contributed by atoms with E-state index in [0.29, 0.717) is 40.9 Å². The minimum Gasteiger partial charge on any atom is -0.384 e. The first-order chi connectivity index (χ1) is 17.0. The van der Waals surface area contributed by atoms with Crippen LogP contribution in [0.4, 0.5) is 5.82 Å². The number of imidazole rings is 1. The molecule has 174 valence electrons. The number of nitrogens with zero attached hydrogens (tertiary/aromatic N) is 7. The van der Waals surface area contributed by atoms with Crippen LogP contribution in [0.2, 0.25) is 10.2 Å². The van der Waals surface area contributed by atoms with E-state index in [2.05, 4.69) is 30.5 Å². The third-order valence-corrected chi connectivity index (χ3v) is 6.53. The second-order valence-electron chi connectivity index (χ2n) is 8.15. The predicted molar refractivity (Wildman–Crippen MR) is 132 cm³/mol. The third-order valence-electron chi connectivity index (χ3n) is 6.02. The number of nitrogen functional groups attached to an aromatic ring is 1. The summed E-state index contributed by atoms with van der Waals surface area (Å²) >= 11 is 12.7. The summed E-state index contributed by atoms with van der Waals surface area (Å²) in [5.74, 6) is 0.978. The van der Waals surface area contributed by atoms with Crippen LogP contribution in [0.3, 0.4) is 0 Å². The van der Waals surface area contributed by atoms with Crippen LogP contribution < -0.4 is 11.3 Å². The molecule has 5 heterocycles. The number of hydrogen-bond donors (Lipinski definition) is 2. The van der Waals surface area contributed by atoms with Crippen LogP contribution in [0.1, 0.15) is 24.0 Å². The Morgan fingerprint density at radius 1 is 1.09 bits per heavy atom. The van der Waals surface area contributed by atoms with E-state index in [1.807, 2.05) is 12.1 Å². The SMILES string of the molecule is Nc1cccc(-c2[nH]c([C@@H]3CCc4cc(-c5cc(Cl)ccc5-n5cnnn5)cc(=O)n43)nc2Cl)n1. The van der Waals surface area contributed by atoms with Gasteiger partial charge in [-0.1, -0.05) is 29.3 Å². The molecule has 0 fully saturated rings.